The number of pyridine rings is 1. The number of rotatable bonds is 3. The molecule has 1 N–H and O–H groups in total. The predicted molar refractivity (Wildman–Crippen MR) is 49.2 cm³/mol. The maximum atomic E-state index is 12.2. The Kier molecular flexibility index (Phi) is 3.68. The number of hydrogen-bond donors (Lipinski definition) is 1. The second kappa shape index (κ2) is 4.61. The lowest BCUT2D eigenvalue weighted by Crippen LogP contribution is -2.07. The summed E-state index contributed by atoms with van der Waals surface area (Å²) in [6.45, 7) is 1.63. The van der Waals surface area contributed by atoms with Gasteiger partial charge >= 0.3 is 6.18 Å². The van der Waals surface area contributed by atoms with Gasteiger partial charge in [0, 0.05) is 11.9 Å². The molecule has 1 aromatic rings. The van der Waals surface area contributed by atoms with Crippen LogP contribution in [0.15, 0.2) is 18.3 Å². The summed E-state index contributed by atoms with van der Waals surface area (Å²) in [5.41, 5.74) is -0.188. The Bertz CT molecular complexity index is 305. The molecule has 0 radical (unpaired) electrons. The second-order valence-corrected chi connectivity index (χ2v) is 3.42. The third kappa shape index (κ3) is 3.87. The largest absolute Gasteiger partial charge is 0.417 e. The van der Waals surface area contributed by atoms with Crippen molar-refractivity contribution in [2.24, 2.45) is 0 Å². The van der Waals surface area contributed by atoms with Gasteiger partial charge in [-0.25, -0.2) is 0 Å². The van der Waals surface area contributed by atoms with Gasteiger partial charge in [0.25, 0.3) is 0 Å². The second-order valence-electron chi connectivity index (χ2n) is 3.42. The van der Waals surface area contributed by atoms with Crippen LogP contribution >= 0.6 is 0 Å². The third-order valence-corrected chi connectivity index (χ3v) is 1.97. The fourth-order valence-corrected chi connectivity index (χ4v) is 1.10. The van der Waals surface area contributed by atoms with E-state index in [1.165, 1.54) is 6.07 Å². The zero-order valence-corrected chi connectivity index (χ0v) is 8.25. The van der Waals surface area contributed by atoms with Gasteiger partial charge in [0.1, 0.15) is 0 Å². The number of aliphatic hydroxyl groups is 1. The number of aliphatic hydroxyl groups excluding tert-OH is 1. The van der Waals surface area contributed by atoms with Crippen LogP contribution in [0.25, 0.3) is 0 Å². The molecule has 84 valence electrons. The highest BCUT2D eigenvalue weighted by Crippen LogP contribution is 2.28. The van der Waals surface area contributed by atoms with Crippen LogP contribution in [-0.4, -0.2) is 16.2 Å². The van der Waals surface area contributed by atoms with E-state index >= 15 is 0 Å². The molecule has 0 saturated heterocycles. The molecule has 1 atom stereocenters. The van der Waals surface area contributed by atoms with Crippen LogP contribution < -0.4 is 0 Å². The van der Waals surface area contributed by atoms with Gasteiger partial charge in [-0.2, -0.15) is 13.2 Å². The summed E-state index contributed by atoms with van der Waals surface area (Å²) >= 11 is 0. The fourth-order valence-electron chi connectivity index (χ4n) is 1.10. The number of hydrogen-bond acceptors (Lipinski definition) is 2. The summed E-state index contributed by atoms with van der Waals surface area (Å²) in [5.74, 6) is 0. The number of aryl methyl sites for hydroxylation is 1. The molecular weight excluding hydrogens is 207 g/mol. The Labute approximate surface area is 85.8 Å². The molecular formula is C10H12F3NO. The van der Waals surface area contributed by atoms with Gasteiger partial charge in [-0.3, -0.25) is 4.98 Å². The highest BCUT2D eigenvalue weighted by Gasteiger charge is 2.30. The highest BCUT2D eigenvalue weighted by atomic mass is 19.4. The molecule has 1 aromatic heterocycles. The van der Waals surface area contributed by atoms with E-state index in [0.29, 0.717) is 18.5 Å². The van der Waals surface area contributed by atoms with Crippen molar-refractivity contribution in [1.82, 2.24) is 4.98 Å². The van der Waals surface area contributed by atoms with Crippen molar-refractivity contribution in [1.29, 1.82) is 0 Å². The first-order valence-corrected chi connectivity index (χ1v) is 4.60. The Morgan fingerprint density at radius 2 is 2.07 bits per heavy atom. The van der Waals surface area contributed by atoms with Gasteiger partial charge < -0.3 is 5.11 Å². The van der Waals surface area contributed by atoms with Crippen molar-refractivity contribution in [3.8, 4) is 0 Å². The van der Waals surface area contributed by atoms with Crippen LogP contribution in [0.3, 0.4) is 0 Å². The van der Waals surface area contributed by atoms with Gasteiger partial charge in [-0.1, -0.05) is 0 Å². The van der Waals surface area contributed by atoms with E-state index < -0.39 is 17.8 Å². The molecule has 0 aromatic carbocycles. The van der Waals surface area contributed by atoms with E-state index in [1.54, 1.807) is 6.92 Å². The SMILES string of the molecule is C[C@@H](O)CCc1ccc(C(F)(F)F)cn1. The van der Waals surface area contributed by atoms with Crippen molar-refractivity contribution < 1.29 is 18.3 Å². The first kappa shape index (κ1) is 12.0. The van der Waals surface area contributed by atoms with Crippen molar-refractivity contribution in [3.05, 3.63) is 29.6 Å². The fraction of sp³-hybridized carbons (Fsp3) is 0.500. The Morgan fingerprint density at radius 3 is 2.47 bits per heavy atom. The average molecular weight is 219 g/mol. The molecule has 5 heteroatoms. The summed E-state index contributed by atoms with van der Waals surface area (Å²) in [5, 5.41) is 8.99. The van der Waals surface area contributed by atoms with Gasteiger partial charge in [-0.05, 0) is 31.9 Å². The van der Waals surface area contributed by atoms with Crippen molar-refractivity contribution in [2.75, 3.05) is 0 Å². The van der Waals surface area contributed by atoms with Crippen LogP contribution in [-0.2, 0) is 12.6 Å². The predicted octanol–water partition coefficient (Wildman–Crippen LogP) is 2.41. The maximum absolute atomic E-state index is 12.2. The zero-order chi connectivity index (χ0) is 11.5. The van der Waals surface area contributed by atoms with Crippen LogP contribution in [0.2, 0.25) is 0 Å². The number of halogens is 3. The standard InChI is InChI=1S/C10H12F3NO/c1-7(15)2-4-9-5-3-8(6-14-9)10(11,12)13/h3,5-7,15H,2,4H2,1H3/t7-/m1/s1. The molecule has 0 unspecified atom stereocenters. The van der Waals surface area contributed by atoms with E-state index in [2.05, 4.69) is 4.98 Å². The highest BCUT2D eigenvalue weighted by molar-refractivity contribution is 5.16. The lowest BCUT2D eigenvalue weighted by molar-refractivity contribution is -0.137. The third-order valence-electron chi connectivity index (χ3n) is 1.97. The molecule has 0 aliphatic heterocycles. The minimum Gasteiger partial charge on any atom is -0.393 e. The molecule has 0 saturated carbocycles. The molecule has 15 heavy (non-hydrogen) atoms. The first-order valence-electron chi connectivity index (χ1n) is 4.60. The first-order chi connectivity index (χ1) is 6.89. The van der Waals surface area contributed by atoms with E-state index in [0.717, 1.165) is 12.3 Å². The lowest BCUT2D eigenvalue weighted by atomic mass is 10.1. The summed E-state index contributed by atoms with van der Waals surface area (Å²) in [6, 6.07) is 2.34. The van der Waals surface area contributed by atoms with Gasteiger partial charge in [0.15, 0.2) is 0 Å². The molecule has 0 aliphatic rings. The summed E-state index contributed by atoms with van der Waals surface area (Å²) < 4.78 is 36.5. The monoisotopic (exact) mass is 219 g/mol. The van der Waals surface area contributed by atoms with Gasteiger partial charge in [0.2, 0.25) is 0 Å². The van der Waals surface area contributed by atoms with Gasteiger partial charge in [0.05, 0.1) is 11.7 Å². The average Bonchev–Trinajstić information content (AvgIpc) is 2.14. The molecule has 0 fully saturated rings. The minimum atomic E-state index is -4.34. The molecule has 0 bridgehead atoms. The van der Waals surface area contributed by atoms with Crippen molar-refractivity contribution in [3.63, 3.8) is 0 Å². The van der Waals surface area contributed by atoms with Crippen LogP contribution in [0.4, 0.5) is 13.2 Å². The molecule has 2 nitrogen and oxygen atoms in total. The molecule has 0 spiro atoms. The number of alkyl halides is 3. The van der Waals surface area contributed by atoms with Crippen LogP contribution in [0.5, 0.6) is 0 Å². The van der Waals surface area contributed by atoms with Crippen LogP contribution in [0, 0.1) is 0 Å². The van der Waals surface area contributed by atoms with Crippen molar-refractivity contribution in [2.45, 2.75) is 32.0 Å². The molecule has 0 amide bonds. The molecule has 1 heterocycles. The van der Waals surface area contributed by atoms with Crippen molar-refractivity contribution >= 4 is 0 Å². The maximum Gasteiger partial charge on any atom is 0.417 e. The van der Waals surface area contributed by atoms with E-state index in [9.17, 15) is 13.2 Å². The Morgan fingerprint density at radius 1 is 1.40 bits per heavy atom. The Balaban J connectivity index is 2.65. The quantitative estimate of drug-likeness (QED) is 0.846. The lowest BCUT2D eigenvalue weighted by Gasteiger charge is -2.07. The van der Waals surface area contributed by atoms with Crippen LogP contribution in [0.1, 0.15) is 24.6 Å². The van der Waals surface area contributed by atoms with Gasteiger partial charge in [-0.15, -0.1) is 0 Å². The number of nitrogens with zero attached hydrogens (tertiary/aromatic N) is 1. The summed E-state index contributed by atoms with van der Waals surface area (Å²) in [7, 11) is 0. The topological polar surface area (TPSA) is 33.1 Å². The summed E-state index contributed by atoms with van der Waals surface area (Å²) in [6.07, 6.45) is -3.00. The van der Waals surface area contributed by atoms with E-state index in [-0.39, 0.29) is 0 Å². The zero-order valence-electron chi connectivity index (χ0n) is 8.25. The Hall–Kier alpha value is -1.10. The van der Waals surface area contributed by atoms with E-state index in [4.69, 9.17) is 5.11 Å². The number of aromatic nitrogens is 1. The normalized spacial score (nSPS) is 13.9. The minimum absolute atomic E-state index is 0.464. The molecule has 1 rings (SSSR count). The summed E-state index contributed by atoms with van der Waals surface area (Å²) in [4.78, 5) is 3.69. The van der Waals surface area contributed by atoms with E-state index in [1.807, 2.05) is 0 Å². The smallest absolute Gasteiger partial charge is 0.393 e. The molecule has 0 aliphatic carbocycles.